The number of anilines is 2. The van der Waals surface area contributed by atoms with Crippen molar-refractivity contribution in [2.75, 3.05) is 10.6 Å². The van der Waals surface area contributed by atoms with Gasteiger partial charge >= 0.3 is 5.97 Å². The number of aromatic carboxylic acids is 1. The number of nitrogens with zero attached hydrogens (tertiary/aromatic N) is 2. The molecule has 1 aliphatic heterocycles. The minimum atomic E-state index is -1.13. The average molecular weight is 399 g/mol. The predicted octanol–water partition coefficient (Wildman–Crippen LogP) is 3.32. The van der Waals surface area contributed by atoms with Gasteiger partial charge in [0.1, 0.15) is 11.6 Å². The van der Waals surface area contributed by atoms with Crippen molar-refractivity contribution in [3.63, 3.8) is 0 Å². The van der Waals surface area contributed by atoms with Gasteiger partial charge in [-0.15, -0.1) is 0 Å². The van der Waals surface area contributed by atoms with Crippen LogP contribution in [0.3, 0.4) is 0 Å². The second-order valence-electron chi connectivity index (χ2n) is 6.52. The summed E-state index contributed by atoms with van der Waals surface area (Å²) in [5.74, 6) is -2.47. The maximum absolute atomic E-state index is 13.0. The molecule has 0 unspecified atom stereocenters. The predicted molar refractivity (Wildman–Crippen MR) is 112 cm³/mol. The molecule has 3 N–H and O–H groups in total. The Bertz CT molecular complexity index is 1160. The Labute approximate surface area is 172 Å². The fraction of sp³-hybridized carbons (Fsp3) is 0.0435. The summed E-state index contributed by atoms with van der Waals surface area (Å²) in [5.41, 5.74) is 7.69. The number of benzene rings is 2. The van der Waals surface area contributed by atoms with Crippen LogP contribution in [0.25, 0.3) is 6.08 Å². The summed E-state index contributed by atoms with van der Waals surface area (Å²) in [5, 5.41) is 18.5. The smallest absolute Gasteiger partial charge is 0.335 e. The van der Waals surface area contributed by atoms with Crippen LogP contribution < -0.4 is 10.6 Å². The molecule has 7 heteroatoms. The number of nitrogens with two attached hydrogens (primary N) is 1. The number of hydrogen-bond acceptors (Lipinski definition) is 5. The van der Waals surface area contributed by atoms with Gasteiger partial charge in [0.05, 0.1) is 11.3 Å². The van der Waals surface area contributed by atoms with E-state index in [9.17, 15) is 19.6 Å². The molecule has 2 amide bonds. The number of allylic oxidation sites excluding steroid dienone is 2. The number of amides is 2. The molecule has 0 atom stereocenters. The van der Waals surface area contributed by atoms with Gasteiger partial charge in [0, 0.05) is 11.3 Å². The maximum atomic E-state index is 13.0. The van der Waals surface area contributed by atoms with Crippen molar-refractivity contribution in [2.24, 2.45) is 0 Å². The third kappa shape index (κ3) is 3.88. The van der Waals surface area contributed by atoms with Crippen molar-refractivity contribution in [3.05, 3.63) is 88.5 Å². The van der Waals surface area contributed by atoms with E-state index in [1.807, 2.05) is 18.2 Å². The summed E-state index contributed by atoms with van der Waals surface area (Å²) >= 11 is 0. The molecular formula is C23H17N3O4. The first-order chi connectivity index (χ1) is 14.3. The number of hydrogen-bond donors (Lipinski definition) is 2. The van der Waals surface area contributed by atoms with E-state index < -0.39 is 17.8 Å². The van der Waals surface area contributed by atoms with E-state index >= 15 is 0 Å². The molecular weight excluding hydrogens is 382 g/mol. The second kappa shape index (κ2) is 8.29. The number of carbonyl (C=O) groups is 3. The van der Waals surface area contributed by atoms with Gasteiger partial charge in [-0.05, 0) is 60.5 Å². The normalized spacial score (nSPS) is 15.7. The van der Waals surface area contributed by atoms with Crippen molar-refractivity contribution in [1.82, 2.24) is 0 Å². The molecule has 2 aromatic rings. The van der Waals surface area contributed by atoms with Crippen LogP contribution in [-0.2, 0) is 9.59 Å². The first kappa shape index (κ1) is 20.3. The largest absolute Gasteiger partial charge is 0.478 e. The molecule has 1 heterocycles. The number of nitrogen functional groups attached to an aromatic ring is 1. The Morgan fingerprint density at radius 3 is 2.27 bits per heavy atom. The molecule has 148 valence electrons. The molecule has 30 heavy (non-hydrogen) atoms. The molecule has 7 nitrogen and oxygen atoms in total. The third-order valence-corrected chi connectivity index (χ3v) is 4.60. The molecule has 0 aromatic heterocycles. The summed E-state index contributed by atoms with van der Waals surface area (Å²) in [4.78, 5) is 37.7. The van der Waals surface area contributed by atoms with Gasteiger partial charge in [0.15, 0.2) is 0 Å². The van der Waals surface area contributed by atoms with Crippen LogP contribution >= 0.6 is 0 Å². The zero-order chi connectivity index (χ0) is 21.8. The summed E-state index contributed by atoms with van der Waals surface area (Å²) in [6.45, 7) is 1.54. The van der Waals surface area contributed by atoms with Gasteiger partial charge < -0.3 is 10.8 Å². The lowest BCUT2D eigenvalue weighted by Crippen LogP contribution is -2.42. The van der Waals surface area contributed by atoms with Crippen molar-refractivity contribution >= 4 is 35.2 Å². The lowest BCUT2D eigenvalue weighted by Gasteiger charge is -2.27. The zero-order valence-electron chi connectivity index (χ0n) is 16.0. The van der Waals surface area contributed by atoms with Gasteiger partial charge in [-0.25, -0.2) is 9.69 Å². The molecule has 0 aliphatic carbocycles. The van der Waals surface area contributed by atoms with Crippen LogP contribution in [0.1, 0.15) is 22.8 Å². The fourth-order valence-electron chi connectivity index (χ4n) is 2.96. The van der Waals surface area contributed by atoms with Crippen LogP contribution in [0.2, 0.25) is 0 Å². The van der Waals surface area contributed by atoms with E-state index in [1.165, 1.54) is 30.3 Å². The molecule has 0 spiro atoms. The third-order valence-electron chi connectivity index (χ3n) is 4.60. The van der Waals surface area contributed by atoms with E-state index in [4.69, 9.17) is 10.8 Å². The zero-order valence-corrected chi connectivity index (χ0v) is 16.0. The lowest BCUT2D eigenvalue weighted by atomic mass is 9.94. The molecule has 0 saturated heterocycles. The van der Waals surface area contributed by atoms with E-state index in [-0.39, 0.29) is 28.0 Å². The maximum Gasteiger partial charge on any atom is 0.335 e. The highest BCUT2D eigenvalue weighted by Gasteiger charge is 2.36. The quantitative estimate of drug-likeness (QED) is 0.462. The number of imide groups is 1. The van der Waals surface area contributed by atoms with Crippen LogP contribution in [0, 0.1) is 11.3 Å². The minimum absolute atomic E-state index is 0.0186. The Morgan fingerprint density at radius 2 is 1.70 bits per heavy atom. The van der Waals surface area contributed by atoms with Gasteiger partial charge in [-0.1, -0.05) is 24.3 Å². The van der Waals surface area contributed by atoms with E-state index in [1.54, 1.807) is 31.2 Å². The Balaban J connectivity index is 2.00. The Hall–Kier alpha value is -4.44. The van der Waals surface area contributed by atoms with Crippen molar-refractivity contribution in [3.8, 4) is 6.07 Å². The number of carboxylic acids is 1. The first-order valence-corrected chi connectivity index (χ1v) is 8.91. The molecule has 1 aliphatic rings. The summed E-state index contributed by atoms with van der Waals surface area (Å²) in [6.07, 6.45) is 4.96. The van der Waals surface area contributed by atoms with Crippen LogP contribution in [0.5, 0.6) is 0 Å². The molecule has 3 rings (SSSR count). The highest BCUT2D eigenvalue weighted by molar-refractivity contribution is 6.31. The van der Waals surface area contributed by atoms with Crippen LogP contribution in [0.4, 0.5) is 11.4 Å². The average Bonchev–Trinajstić information content (AvgIpc) is 2.72. The summed E-state index contributed by atoms with van der Waals surface area (Å²) < 4.78 is 0. The van der Waals surface area contributed by atoms with Gasteiger partial charge in [-0.2, -0.15) is 5.26 Å². The second-order valence-corrected chi connectivity index (χ2v) is 6.52. The highest BCUT2D eigenvalue weighted by atomic mass is 16.4. The van der Waals surface area contributed by atoms with E-state index in [0.29, 0.717) is 5.69 Å². The fourth-order valence-corrected chi connectivity index (χ4v) is 2.96. The Morgan fingerprint density at radius 1 is 1.07 bits per heavy atom. The minimum Gasteiger partial charge on any atom is -0.478 e. The Kier molecular flexibility index (Phi) is 5.61. The first-order valence-electron chi connectivity index (χ1n) is 8.91. The van der Waals surface area contributed by atoms with Gasteiger partial charge in [-0.3, -0.25) is 9.59 Å². The molecule has 0 fully saturated rings. The van der Waals surface area contributed by atoms with Crippen LogP contribution in [-0.4, -0.2) is 22.9 Å². The molecule has 0 radical (unpaired) electrons. The topological polar surface area (TPSA) is 124 Å². The summed E-state index contributed by atoms with van der Waals surface area (Å²) in [7, 11) is 0. The number of nitriles is 1. The van der Waals surface area contributed by atoms with E-state index in [2.05, 4.69) is 0 Å². The van der Waals surface area contributed by atoms with Crippen molar-refractivity contribution < 1.29 is 19.5 Å². The van der Waals surface area contributed by atoms with Crippen molar-refractivity contribution in [1.29, 1.82) is 5.26 Å². The van der Waals surface area contributed by atoms with E-state index in [0.717, 1.165) is 10.5 Å². The number of rotatable bonds is 4. The molecule has 2 aromatic carbocycles. The SMILES string of the molecule is CC1=C(C#N)C(=O)N(c2ccc(C(=O)O)cc2)C(=O)/C1=C\C=Cc1ccc(N)cc1. The number of carboxylic acid groups (broad SMARTS) is 1. The standard InChI is InChI=1S/C23H17N3O4/c1-14-19(4-2-3-15-5-9-17(25)10-6-15)21(27)26(22(28)20(14)13-24)18-11-7-16(8-12-18)23(29)30/h2-12H,25H2,1H3,(H,29,30)/b3-2?,19-4-. The van der Waals surface area contributed by atoms with Gasteiger partial charge in [0.25, 0.3) is 11.8 Å². The van der Waals surface area contributed by atoms with Crippen LogP contribution in [0.15, 0.2) is 77.4 Å². The monoisotopic (exact) mass is 399 g/mol. The highest BCUT2D eigenvalue weighted by Crippen LogP contribution is 2.29. The summed E-state index contributed by atoms with van der Waals surface area (Å²) in [6, 6.07) is 14.3. The molecule has 0 saturated carbocycles. The van der Waals surface area contributed by atoms with Gasteiger partial charge in [0.2, 0.25) is 0 Å². The lowest BCUT2D eigenvalue weighted by molar-refractivity contribution is -0.122. The van der Waals surface area contributed by atoms with Crippen molar-refractivity contribution in [2.45, 2.75) is 6.92 Å². The molecule has 0 bridgehead atoms. The number of carbonyl (C=O) groups excluding carboxylic acids is 2.